The van der Waals surface area contributed by atoms with E-state index in [1.165, 1.54) is 0 Å². The Hall–Kier alpha value is -4.01. The van der Waals surface area contributed by atoms with Gasteiger partial charge in [-0.05, 0) is 36.4 Å². The zero-order valence-corrected chi connectivity index (χ0v) is 14.6. The van der Waals surface area contributed by atoms with E-state index in [-0.39, 0.29) is 0 Å². The number of para-hydroxylation sites is 1. The van der Waals surface area contributed by atoms with Gasteiger partial charge >= 0.3 is 0 Å². The lowest BCUT2D eigenvalue weighted by atomic mass is 10.1. The molecule has 4 heterocycles. The number of furan rings is 2. The number of pyridine rings is 1. The maximum atomic E-state index is 6.29. The predicted molar refractivity (Wildman–Crippen MR) is 111 cm³/mol. The topological polar surface area (TPSA) is 44.1 Å². The Morgan fingerprint density at radius 3 is 2.79 bits per heavy atom. The number of fused-ring (bicyclic) bond motifs is 8. The van der Waals surface area contributed by atoms with Crippen molar-refractivity contribution in [3.05, 3.63) is 78.0 Å². The van der Waals surface area contributed by atoms with Crippen LogP contribution in [0.4, 0.5) is 0 Å². The summed E-state index contributed by atoms with van der Waals surface area (Å²) in [7, 11) is 0. The summed E-state index contributed by atoms with van der Waals surface area (Å²) in [4.78, 5) is 4.36. The number of rotatable bonds is 1. The Morgan fingerprint density at radius 1 is 0.857 bits per heavy atom. The quantitative estimate of drug-likeness (QED) is 0.322. The van der Waals surface area contributed by atoms with E-state index >= 15 is 0 Å². The molecule has 0 saturated carbocycles. The summed E-state index contributed by atoms with van der Waals surface area (Å²) in [6.45, 7) is 0. The first-order valence-corrected chi connectivity index (χ1v) is 9.13. The molecule has 0 saturated heterocycles. The highest BCUT2D eigenvalue weighted by atomic mass is 16.3. The van der Waals surface area contributed by atoms with E-state index in [1.807, 2.05) is 48.8 Å². The summed E-state index contributed by atoms with van der Waals surface area (Å²) >= 11 is 0. The van der Waals surface area contributed by atoms with Crippen molar-refractivity contribution in [2.75, 3.05) is 0 Å². The van der Waals surface area contributed by atoms with Crippen molar-refractivity contribution in [3.63, 3.8) is 0 Å². The maximum absolute atomic E-state index is 6.29. The maximum Gasteiger partial charge on any atom is 0.213 e. The van der Waals surface area contributed by atoms with Crippen molar-refractivity contribution in [2.45, 2.75) is 0 Å². The SMILES string of the molecule is C1=Cc2oc3ccc(-n4c5cnccc5c5c6ccccc6oc54)cc3c2C=1. The normalized spacial score (nSPS) is 12.9. The first-order chi connectivity index (χ1) is 13.9. The third-order valence-electron chi connectivity index (χ3n) is 5.53. The zero-order valence-electron chi connectivity index (χ0n) is 14.6. The molecule has 4 nitrogen and oxygen atoms in total. The molecule has 0 N–H and O–H groups in total. The lowest BCUT2D eigenvalue weighted by molar-refractivity contribution is 0.604. The van der Waals surface area contributed by atoms with Gasteiger partial charge < -0.3 is 8.83 Å². The number of benzene rings is 2. The fourth-order valence-electron chi connectivity index (χ4n) is 4.31. The highest BCUT2D eigenvalue weighted by molar-refractivity contribution is 6.19. The minimum atomic E-state index is 0.831. The number of aromatic nitrogens is 2. The molecule has 0 atom stereocenters. The molecule has 0 fully saturated rings. The Labute approximate surface area is 158 Å². The Bertz CT molecular complexity index is 1650. The standard InChI is InChI=1S/C24H12N2O2/c1-2-6-21-17(4-1)23-16-10-11-25-13-19(16)26(24(23)28-21)14-8-9-22-18(12-14)15-5-3-7-20(15)27-22/h1-2,4-13H. The van der Waals surface area contributed by atoms with Crippen LogP contribution >= 0.6 is 0 Å². The second-order valence-electron chi connectivity index (χ2n) is 7.02. The molecule has 4 aromatic heterocycles. The minimum absolute atomic E-state index is 0.831. The fraction of sp³-hybridized carbons (Fsp3) is 0. The lowest BCUT2D eigenvalue weighted by Gasteiger charge is -2.06. The monoisotopic (exact) mass is 360 g/mol. The van der Waals surface area contributed by atoms with E-state index in [1.54, 1.807) is 0 Å². The van der Waals surface area contributed by atoms with Gasteiger partial charge in [-0.2, -0.15) is 0 Å². The number of hydrogen-bond acceptors (Lipinski definition) is 3. The van der Waals surface area contributed by atoms with Gasteiger partial charge in [0.2, 0.25) is 5.71 Å². The molecule has 0 spiro atoms. The van der Waals surface area contributed by atoms with Gasteiger partial charge in [-0.15, -0.1) is 5.73 Å². The van der Waals surface area contributed by atoms with Gasteiger partial charge in [0.25, 0.3) is 0 Å². The van der Waals surface area contributed by atoms with Gasteiger partial charge in [0.1, 0.15) is 16.9 Å². The van der Waals surface area contributed by atoms with Gasteiger partial charge in [-0.1, -0.05) is 18.2 Å². The summed E-state index contributed by atoms with van der Waals surface area (Å²) in [6.07, 6.45) is 7.57. The van der Waals surface area contributed by atoms with Crippen LogP contribution in [0.25, 0.3) is 61.8 Å². The van der Waals surface area contributed by atoms with Crippen LogP contribution in [0, 0.1) is 0 Å². The van der Waals surface area contributed by atoms with Gasteiger partial charge in [0, 0.05) is 34.0 Å². The smallest absolute Gasteiger partial charge is 0.213 e. The highest BCUT2D eigenvalue weighted by Gasteiger charge is 2.20. The molecule has 1 aliphatic carbocycles. The largest absolute Gasteiger partial charge is 0.455 e. The molecule has 4 heteroatoms. The number of hydrogen-bond donors (Lipinski definition) is 0. The Kier molecular flexibility index (Phi) is 2.43. The van der Waals surface area contributed by atoms with Gasteiger partial charge in [-0.3, -0.25) is 9.55 Å². The third-order valence-corrected chi connectivity index (χ3v) is 5.53. The summed E-state index contributed by atoms with van der Waals surface area (Å²) in [5.74, 6) is 0.861. The molecule has 0 amide bonds. The molecule has 0 aliphatic heterocycles. The van der Waals surface area contributed by atoms with Crippen molar-refractivity contribution >= 4 is 56.1 Å². The molecule has 0 bridgehead atoms. The first kappa shape index (κ1) is 14.1. The van der Waals surface area contributed by atoms with E-state index in [4.69, 9.17) is 8.83 Å². The average molecular weight is 360 g/mol. The first-order valence-electron chi connectivity index (χ1n) is 9.13. The second kappa shape index (κ2) is 4.83. The summed E-state index contributed by atoms with van der Waals surface area (Å²) < 4.78 is 14.3. The Morgan fingerprint density at radius 2 is 1.79 bits per heavy atom. The van der Waals surface area contributed by atoms with Crippen molar-refractivity contribution in [1.29, 1.82) is 0 Å². The summed E-state index contributed by atoms with van der Waals surface area (Å²) in [5, 5.41) is 4.44. The lowest BCUT2D eigenvalue weighted by Crippen LogP contribution is -1.93. The average Bonchev–Trinajstić information content (AvgIpc) is 3.46. The highest BCUT2D eigenvalue weighted by Crippen LogP contribution is 2.39. The van der Waals surface area contributed by atoms with Crippen LogP contribution in [0.1, 0.15) is 11.3 Å². The molecule has 28 heavy (non-hydrogen) atoms. The summed E-state index contributed by atoms with van der Waals surface area (Å²) in [6, 6.07) is 16.4. The fourth-order valence-corrected chi connectivity index (χ4v) is 4.31. The van der Waals surface area contributed by atoms with Crippen molar-refractivity contribution in [2.24, 2.45) is 0 Å². The molecular weight excluding hydrogens is 348 g/mol. The molecule has 7 rings (SSSR count). The molecule has 0 unspecified atom stereocenters. The number of nitrogens with zero attached hydrogens (tertiary/aromatic N) is 2. The second-order valence-corrected chi connectivity index (χ2v) is 7.02. The van der Waals surface area contributed by atoms with E-state index in [9.17, 15) is 0 Å². The van der Waals surface area contributed by atoms with Crippen LogP contribution in [-0.4, -0.2) is 9.55 Å². The zero-order chi connectivity index (χ0) is 18.2. The van der Waals surface area contributed by atoms with E-state index < -0.39 is 0 Å². The van der Waals surface area contributed by atoms with Crippen LogP contribution < -0.4 is 0 Å². The van der Waals surface area contributed by atoms with Gasteiger partial charge in [-0.25, -0.2) is 0 Å². The van der Waals surface area contributed by atoms with Crippen LogP contribution in [0.5, 0.6) is 0 Å². The minimum Gasteiger partial charge on any atom is -0.455 e. The molecule has 1 aliphatic rings. The molecular formula is C24H12N2O2. The predicted octanol–water partition coefficient (Wildman–Crippen LogP) is 6.31. The van der Waals surface area contributed by atoms with Crippen molar-refractivity contribution in [1.82, 2.24) is 9.55 Å². The third kappa shape index (κ3) is 1.63. The van der Waals surface area contributed by atoms with E-state index in [2.05, 4.69) is 39.5 Å². The van der Waals surface area contributed by atoms with Crippen LogP contribution in [0.15, 0.2) is 75.5 Å². The molecule has 2 aromatic carbocycles. The molecule has 0 radical (unpaired) electrons. The Balaban J connectivity index is 1.64. The van der Waals surface area contributed by atoms with E-state index in [0.29, 0.717) is 0 Å². The van der Waals surface area contributed by atoms with Crippen molar-refractivity contribution < 1.29 is 8.83 Å². The van der Waals surface area contributed by atoms with Crippen LogP contribution in [-0.2, 0) is 0 Å². The van der Waals surface area contributed by atoms with E-state index in [0.717, 1.165) is 61.0 Å². The van der Waals surface area contributed by atoms with Crippen molar-refractivity contribution in [3.8, 4) is 5.69 Å². The van der Waals surface area contributed by atoms with Crippen LogP contribution in [0.2, 0.25) is 0 Å². The van der Waals surface area contributed by atoms with Gasteiger partial charge in [0.15, 0.2) is 0 Å². The molecule has 130 valence electrons. The van der Waals surface area contributed by atoms with Gasteiger partial charge in [0.05, 0.1) is 22.8 Å². The summed E-state index contributed by atoms with van der Waals surface area (Å²) in [5.41, 5.74) is 8.82. The van der Waals surface area contributed by atoms with Crippen LogP contribution in [0.3, 0.4) is 0 Å². The molecule has 6 aromatic rings.